The smallest absolute Gasteiger partial charge is 0.147 e. The number of fused-ring (bicyclic) bond motifs is 1. The van der Waals surface area contributed by atoms with E-state index >= 15 is 0 Å². The minimum Gasteiger partial charge on any atom is -0.348 e. The van der Waals surface area contributed by atoms with Crippen molar-refractivity contribution in [2.24, 2.45) is 7.05 Å². The Labute approximate surface area is 114 Å². The van der Waals surface area contributed by atoms with Crippen LogP contribution in [0.15, 0.2) is 24.4 Å². The zero-order valence-corrected chi connectivity index (χ0v) is 12.3. The molecule has 0 unspecified atom stereocenters. The molecule has 1 aromatic carbocycles. The molecule has 2 nitrogen and oxygen atoms in total. The van der Waals surface area contributed by atoms with E-state index in [9.17, 15) is 4.39 Å². The van der Waals surface area contributed by atoms with E-state index in [1.54, 1.807) is 6.07 Å². The Morgan fingerprint density at radius 2 is 2.00 bits per heavy atom. The van der Waals surface area contributed by atoms with E-state index in [0.717, 1.165) is 24.8 Å². The summed E-state index contributed by atoms with van der Waals surface area (Å²) in [5.41, 5.74) is 2.10. The van der Waals surface area contributed by atoms with Gasteiger partial charge in [0.05, 0.1) is 5.52 Å². The van der Waals surface area contributed by atoms with Gasteiger partial charge in [0, 0.05) is 24.2 Å². The van der Waals surface area contributed by atoms with Crippen LogP contribution in [0.5, 0.6) is 0 Å². The van der Waals surface area contributed by atoms with Gasteiger partial charge in [0.1, 0.15) is 5.82 Å². The first kappa shape index (κ1) is 14.1. The van der Waals surface area contributed by atoms with Crippen LogP contribution in [0.1, 0.15) is 32.8 Å². The fourth-order valence-electron chi connectivity index (χ4n) is 2.44. The molecule has 0 bridgehead atoms. The van der Waals surface area contributed by atoms with Crippen LogP contribution in [0, 0.1) is 5.82 Å². The van der Waals surface area contributed by atoms with E-state index in [-0.39, 0.29) is 11.4 Å². The minimum atomic E-state index is -0.140. The fourth-order valence-corrected chi connectivity index (χ4v) is 2.44. The minimum absolute atomic E-state index is 0.140. The SMILES string of the molecule is Cn1cc(CCCNC(C)(C)C)c2cccc(F)c21. The van der Waals surface area contributed by atoms with Crippen molar-refractivity contribution >= 4 is 10.9 Å². The van der Waals surface area contributed by atoms with Crippen molar-refractivity contribution in [2.75, 3.05) is 6.54 Å². The predicted molar refractivity (Wildman–Crippen MR) is 79.0 cm³/mol. The van der Waals surface area contributed by atoms with Crippen molar-refractivity contribution in [3.8, 4) is 0 Å². The lowest BCUT2D eigenvalue weighted by molar-refractivity contribution is 0.422. The zero-order chi connectivity index (χ0) is 14.0. The molecule has 0 spiro atoms. The van der Waals surface area contributed by atoms with E-state index < -0.39 is 0 Å². The van der Waals surface area contributed by atoms with E-state index in [1.165, 1.54) is 11.6 Å². The van der Waals surface area contributed by atoms with E-state index in [4.69, 9.17) is 0 Å². The molecule has 0 amide bonds. The van der Waals surface area contributed by atoms with Crippen LogP contribution in [-0.4, -0.2) is 16.7 Å². The van der Waals surface area contributed by atoms with Gasteiger partial charge >= 0.3 is 0 Å². The second kappa shape index (κ2) is 5.33. The van der Waals surface area contributed by atoms with Gasteiger partial charge in [0.25, 0.3) is 0 Å². The number of halogens is 1. The normalized spacial score (nSPS) is 12.3. The summed E-state index contributed by atoms with van der Waals surface area (Å²) in [6, 6.07) is 5.31. The average Bonchev–Trinajstić information content (AvgIpc) is 2.62. The molecule has 1 aromatic heterocycles. The van der Waals surface area contributed by atoms with E-state index in [1.807, 2.05) is 23.9 Å². The lowest BCUT2D eigenvalue weighted by Gasteiger charge is -2.20. The number of rotatable bonds is 4. The number of aryl methyl sites for hydroxylation is 2. The predicted octanol–water partition coefficient (Wildman–Crippen LogP) is 3.64. The van der Waals surface area contributed by atoms with Gasteiger partial charge in [-0.05, 0) is 51.8 Å². The Hall–Kier alpha value is -1.35. The number of benzene rings is 1. The molecule has 19 heavy (non-hydrogen) atoms. The van der Waals surface area contributed by atoms with Gasteiger partial charge in [-0.25, -0.2) is 4.39 Å². The van der Waals surface area contributed by atoms with Crippen LogP contribution >= 0.6 is 0 Å². The quantitative estimate of drug-likeness (QED) is 0.832. The van der Waals surface area contributed by atoms with Gasteiger partial charge < -0.3 is 9.88 Å². The number of hydrogen-bond acceptors (Lipinski definition) is 1. The molecule has 1 heterocycles. The Morgan fingerprint density at radius 1 is 1.26 bits per heavy atom. The zero-order valence-electron chi connectivity index (χ0n) is 12.3. The molecule has 0 atom stereocenters. The highest BCUT2D eigenvalue weighted by atomic mass is 19.1. The molecule has 0 aliphatic carbocycles. The van der Waals surface area contributed by atoms with Crippen LogP contribution in [0.2, 0.25) is 0 Å². The third kappa shape index (κ3) is 3.35. The molecule has 0 saturated carbocycles. The average molecular weight is 262 g/mol. The highest BCUT2D eigenvalue weighted by Crippen LogP contribution is 2.24. The summed E-state index contributed by atoms with van der Waals surface area (Å²) in [7, 11) is 1.91. The third-order valence-corrected chi connectivity index (χ3v) is 3.31. The van der Waals surface area contributed by atoms with Gasteiger partial charge in [-0.1, -0.05) is 12.1 Å². The number of nitrogens with one attached hydrogen (secondary N) is 1. The molecule has 104 valence electrons. The van der Waals surface area contributed by atoms with Crippen LogP contribution in [0.3, 0.4) is 0 Å². The number of hydrogen-bond donors (Lipinski definition) is 1. The first-order chi connectivity index (χ1) is 8.88. The van der Waals surface area contributed by atoms with Gasteiger partial charge in [-0.3, -0.25) is 0 Å². The number of para-hydroxylation sites is 1. The van der Waals surface area contributed by atoms with Crippen molar-refractivity contribution in [2.45, 2.75) is 39.2 Å². The first-order valence-electron chi connectivity index (χ1n) is 6.86. The summed E-state index contributed by atoms with van der Waals surface area (Å²) >= 11 is 0. The Bertz CT molecular complexity index is 564. The summed E-state index contributed by atoms with van der Waals surface area (Å²) in [5, 5.41) is 4.52. The fraction of sp³-hybridized carbons (Fsp3) is 0.500. The highest BCUT2D eigenvalue weighted by Gasteiger charge is 2.11. The molecule has 0 aliphatic rings. The van der Waals surface area contributed by atoms with Crippen molar-refractivity contribution in [3.05, 3.63) is 35.8 Å². The van der Waals surface area contributed by atoms with Crippen molar-refractivity contribution in [1.82, 2.24) is 9.88 Å². The lowest BCUT2D eigenvalue weighted by Crippen LogP contribution is -2.36. The van der Waals surface area contributed by atoms with Gasteiger partial charge in [0.2, 0.25) is 0 Å². The third-order valence-electron chi connectivity index (χ3n) is 3.31. The molecule has 0 fully saturated rings. The molecule has 0 saturated heterocycles. The monoisotopic (exact) mass is 262 g/mol. The highest BCUT2D eigenvalue weighted by molar-refractivity contribution is 5.84. The van der Waals surface area contributed by atoms with Gasteiger partial charge in [-0.2, -0.15) is 0 Å². The topological polar surface area (TPSA) is 17.0 Å². The summed E-state index contributed by atoms with van der Waals surface area (Å²) in [6.07, 6.45) is 4.08. The molecule has 0 radical (unpaired) electrons. The van der Waals surface area contributed by atoms with Gasteiger partial charge in [0.15, 0.2) is 0 Å². The summed E-state index contributed by atoms with van der Waals surface area (Å²) in [4.78, 5) is 0. The van der Waals surface area contributed by atoms with Crippen LogP contribution in [-0.2, 0) is 13.5 Å². The van der Waals surface area contributed by atoms with Crippen LogP contribution in [0.4, 0.5) is 4.39 Å². The van der Waals surface area contributed by atoms with Crippen molar-refractivity contribution in [1.29, 1.82) is 0 Å². The summed E-state index contributed by atoms with van der Waals surface area (Å²) in [6.45, 7) is 7.48. The van der Waals surface area contributed by atoms with Gasteiger partial charge in [-0.15, -0.1) is 0 Å². The second-order valence-electron chi connectivity index (χ2n) is 6.18. The maximum Gasteiger partial charge on any atom is 0.147 e. The van der Waals surface area contributed by atoms with Crippen molar-refractivity contribution in [3.63, 3.8) is 0 Å². The standard InChI is InChI=1S/C16H23FN2/c1-16(2,3)18-10-6-7-12-11-19(4)15-13(12)8-5-9-14(15)17/h5,8-9,11,18H,6-7,10H2,1-4H3. The Morgan fingerprint density at radius 3 is 2.68 bits per heavy atom. The molecule has 2 aromatic rings. The summed E-state index contributed by atoms with van der Waals surface area (Å²) in [5.74, 6) is -0.140. The van der Waals surface area contributed by atoms with Crippen LogP contribution in [0.25, 0.3) is 10.9 Å². The Kier molecular flexibility index (Phi) is 3.95. The maximum atomic E-state index is 13.8. The molecule has 3 heteroatoms. The molecule has 2 rings (SSSR count). The second-order valence-corrected chi connectivity index (χ2v) is 6.18. The van der Waals surface area contributed by atoms with E-state index in [2.05, 4.69) is 26.1 Å². The number of nitrogens with zero attached hydrogens (tertiary/aromatic N) is 1. The molecule has 1 N–H and O–H groups in total. The van der Waals surface area contributed by atoms with E-state index in [0.29, 0.717) is 5.52 Å². The maximum absolute atomic E-state index is 13.8. The molecular formula is C16H23FN2. The van der Waals surface area contributed by atoms with Crippen molar-refractivity contribution < 1.29 is 4.39 Å². The largest absolute Gasteiger partial charge is 0.348 e. The molecular weight excluding hydrogens is 239 g/mol. The Balaban J connectivity index is 2.08. The molecule has 0 aliphatic heterocycles. The number of aromatic nitrogens is 1. The van der Waals surface area contributed by atoms with Crippen LogP contribution < -0.4 is 5.32 Å². The summed E-state index contributed by atoms with van der Waals surface area (Å²) < 4.78 is 15.7. The lowest BCUT2D eigenvalue weighted by atomic mass is 10.1. The first-order valence-corrected chi connectivity index (χ1v) is 6.86.